The third-order valence-corrected chi connectivity index (χ3v) is 1.18. The molecule has 0 spiro atoms. The molecule has 0 amide bonds. The Morgan fingerprint density at radius 1 is 1.53 bits per heavy atom. The Kier molecular flexibility index (Phi) is 21.9. The van der Waals surface area contributed by atoms with Gasteiger partial charge < -0.3 is 17.5 Å². The second-order valence-electron chi connectivity index (χ2n) is 2.47. The minimum Gasteiger partial charge on any atom is -0.340 e. The topological polar surface area (TPSA) is 43.1 Å². The minimum atomic E-state index is -0.0833. The number of benzene rings is 1. The van der Waals surface area contributed by atoms with Crippen molar-refractivity contribution in [2.24, 2.45) is 5.73 Å². The van der Waals surface area contributed by atoms with E-state index < -0.39 is 0 Å². The Morgan fingerprint density at radius 3 is 2.20 bits per heavy atom. The fourth-order valence-corrected chi connectivity index (χ4v) is 0.650. The molecule has 82 valence electrons. The van der Waals surface area contributed by atoms with Gasteiger partial charge in [0.05, 0.1) is 0 Å². The number of hydrogen-bond donors (Lipinski definition) is 1. The van der Waals surface area contributed by atoms with Gasteiger partial charge in [0.1, 0.15) is 0 Å². The molecule has 0 bridgehead atoms. The van der Waals surface area contributed by atoms with E-state index in [0.29, 0.717) is 0 Å². The second-order valence-corrected chi connectivity index (χ2v) is 2.47. The Bertz CT molecular complexity index is 220. The molecular formula is C12H19NOU. The fraction of sp³-hybridized carbons (Fsp3) is 0.333. The zero-order chi connectivity index (χ0) is 11.4. The molecule has 0 aliphatic heterocycles. The van der Waals surface area contributed by atoms with Crippen LogP contribution in [-0.4, -0.2) is 12.8 Å². The first-order valence-electron chi connectivity index (χ1n) is 4.52. The predicted octanol–water partition coefficient (Wildman–Crippen LogP) is 2.03. The van der Waals surface area contributed by atoms with Crippen LogP contribution in [0.2, 0.25) is 0 Å². The van der Waals surface area contributed by atoms with E-state index in [9.17, 15) is 4.79 Å². The smallest absolute Gasteiger partial charge is 0.340 e. The SMILES string of the molecule is CCc1c[c-]ccc1.CN.[CH2-]C(C)=O.[U+2]. The van der Waals surface area contributed by atoms with Crippen LogP contribution in [0, 0.1) is 44.1 Å². The quantitative estimate of drug-likeness (QED) is 0.692. The monoisotopic (exact) mass is 431 g/mol. The first-order valence-corrected chi connectivity index (χ1v) is 4.52. The van der Waals surface area contributed by atoms with E-state index in [1.54, 1.807) is 0 Å². The summed E-state index contributed by atoms with van der Waals surface area (Å²) in [6, 6.07) is 11.1. The van der Waals surface area contributed by atoms with Gasteiger partial charge >= 0.3 is 31.1 Å². The number of hydrogen-bond acceptors (Lipinski definition) is 2. The fourth-order valence-electron chi connectivity index (χ4n) is 0.650. The molecule has 2 nitrogen and oxygen atoms in total. The maximum absolute atomic E-state index is 9.33. The first-order chi connectivity index (χ1) is 6.66. The van der Waals surface area contributed by atoms with Crippen LogP contribution in [0.4, 0.5) is 0 Å². The van der Waals surface area contributed by atoms with E-state index >= 15 is 0 Å². The zero-order valence-corrected chi connectivity index (χ0v) is 13.9. The maximum Gasteiger partial charge on any atom is 2.00 e. The standard InChI is InChI=1S/C8H9.C3H5O.CH5N.U/c1-2-8-6-4-3-5-7-8;1-3(2)4;1-2;/h3-4,6-7H,2H2,1H3;1H2,2H3;2H2,1H3;/q2*-1;;+2. The van der Waals surface area contributed by atoms with E-state index in [-0.39, 0.29) is 36.9 Å². The van der Waals surface area contributed by atoms with Crippen LogP contribution in [0.1, 0.15) is 19.4 Å². The van der Waals surface area contributed by atoms with Crippen molar-refractivity contribution in [2.75, 3.05) is 7.05 Å². The summed E-state index contributed by atoms with van der Waals surface area (Å²) in [6.45, 7) is 6.56. The van der Waals surface area contributed by atoms with Crippen molar-refractivity contribution in [1.29, 1.82) is 0 Å². The number of nitrogens with two attached hydrogens (primary N) is 1. The van der Waals surface area contributed by atoms with Gasteiger partial charge in [-0.05, 0) is 19.8 Å². The number of rotatable bonds is 1. The van der Waals surface area contributed by atoms with Crippen molar-refractivity contribution in [2.45, 2.75) is 20.3 Å². The van der Waals surface area contributed by atoms with E-state index in [4.69, 9.17) is 0 Å². The van der Waals surface area contributed by atoms with Gasteiger partial charge in [0, 0.05) is 0 Å². The summed E-state index contributed by atoms with van der Waals surface area (Å²) >= 11 is 0. The Balaban J connectivity index is -0.000000179. The van der Waals surface area contributed by atoms with E-state index in [1.165, 1.54) is 19.5 Å². The third-order valence-electron chi connectivity index (χ3n) is 1.18. The molecule has 0 heterocycles. The molecule has 0 saturated heterocycles. The number of aryl methyl sites for hydroxylation is 1. The van der Waals surface area contributed by atoms with Crippen molar-refractivity contribution in [3.05, 3.63) is 42.8 Å². The van der Waals surface area contributed by atoms with Crippen LogP contribution in [0.25, 0.3) is 0 Å². The summed E-state index contributed by atoms with van der Waals surface area (Å²) in [7, 11) is 1.50. The minimum absolute atomic E-state index is 0. The average molecular weight is 431 g/mol. The van der Waals surface area contributed by atoms with Crippen LogP contribution in [0.3, 0.4) is 0 Å². The van der Waals surface area contributed by atoms with Crippen LogP contribution < -0.4 is 5.73 Å². The summed E-state index contributed by atoms with van der Waals surface area (Å²) in [5.74, 6) is -0.0833. The Morgan fingerprint density at radius 2 is 2.00 bits per heavy atom. The summed E-state index contributed by atoms with van der Waals surface area (Å²) in [5, 5.41) is 0. The molecule has 1 aromatic rings. The summed E-state index contributed by atoms with van der Waals surface area (Å²) < 4.78 is 0. The van der Waals surface area contributed by atoms with Gasteiger partial charge in [0.15, 0.2) is 0 Å². The molecule has 2 N–H and O–H groups in total. The van der Waals surface area contributed by atoms with Crippen LogP contribution in [-0.2, 0) is 11.2 Å². The maximum atomic E-state index is 9.33. The molecule has 0 fully saturated rings. The van der Waals surface area contributed by atoms with Gasteiger partial charge in [-0.15, -0.1) is 0 Å². The first kappa shape index (κ1) is 20.2. The Hall–Kier alpha value is -0.228. The van der Waals surface area contributed by atoms with Gasteiger partial charge in [-0.3, -0.25) is 0 Å². The Labute approximate surface area is 117 Å². The van der Waals surface area contributed by atoms with Crippen LogP contribution in [0.5, 0.6) is 0 Å². The largest absolute Gasteiger partial charge is 2.00 e. The van der Waals surface area contributed by atoms with Crippen molar-refractivity contribution in [1.82, 2.24) is 0 Å². The molecule has 15 heavy (non-hydrogen) atoms. The van der Waals surface area contributed by atoms with Crippen molar-refractivity contribution < 1.29 is 35.9 Å². The molecule has 1 rings (SSSR count). The van der Waals surface area contributed by atoms with Gasteiger partial charge in [-0.1, -0.05) is 13.3 Å². The van der Waals surface area contributed by atoms with Gasteiger partial charge in [-0.2, -0.15) is 35.9 Å². The second kappa shape index (κ2) is 16.2. The van der Waals surface area contributed by atoms with Crippen molar-refractivity contribution in [3.8, 4) is 0 Å². The molecular weight excluding hydrogens is 412 g/mol. The van der Waals surface area contributed by atoms with Gasteiger partial charge in [0.25, 0.3) is 0 Å². The summed E-state index contributed by atoms with van der Waals surface area (Å²) in [5.41, 5.74) is 5.85. The number of carbonyl (C=O) groups is 1. The zero-order valence-electron chi connectivity index (χ0n) is 9.71. The van der Waals surface area contributed by atoms with E-state index in [2.05, 4.69) is 31.7 Å². The van der Waals surface area contributed by atoms with Crippen LogP contribution in [0.15, 0.2) is 24.3 Å². The van der Waals surface area contributed by atoms with Crippen molar-refractivity contribution in [3.63, 3.8) is 0 Å². The summed E-state index contributed by atoms with van der Waals surface area (Å²) in [6.07, 6.45) is 1.11. The molecule has 1 aromatic carbocycles. The van der Waals surface area contributed by atoms with Gasteiger partial charge in [0.2, 0.25) is 0 Å². The van der Waals surface area contributed by atoms with Crippen LogP contribution >= 0.6 is 0 Å². The molecule has 0 aliphatic rings. The van der Waals surface area contributed by atoms with E-state index in [1.807, 2.05) is 18.2 Å². The molecule has 0 aliphatic carbocycles. The van der Waals surface area contributed by atoms with Gasteiger partial charge in [-0.25, -0.2) is 0 Å². The molecule has 3 heteroatoms. The van der Waals surface area contributed by atoms with E-state index in [0.717, 1.165) is 6.42 Å². The third kappa shape index (κ3) is 20.0. The molecule has 0 aromatic heterocycles. The van der Waals surface area contributed by atoms with Crippen molar-refractivity contribution >= 4 is 5.78 Å². The average Bonchev–Trinajstić information content (AvgIpc) is 2.21. The molecule has 0 radical (unpaired) electrons. The number of carbonyl (C=O) groups excluding carboxylic acids is 1. The molecule has 0 unspecified atom stereocenters. The number of ketones is 1. The molecule has 0 atom stereocenters. The predicted molar refractivity (Wildman–Crippen MR) is 60.8 cm³/mol. The number of Topliss-reactive ketones (excluding diaryl/α,β-unsaturated/α-hetero) is 1. The summed E-state index contributed by atoms with van der Waals surface area (Å²) in [4.78, 5) is 9.33. The normalized spacial score (nSPS) is 6.93. The molecule has 0 saturated carbocycles.